The van der Waals surface area contributed by atoms with Crippen LogP contribution in [0.1, 0.15) is 6.42 Å². The first kappa shape index (κ1) is 13.6. The Morgan fingerprint density at radius 1 is 1.52 bits per heavy atom. The molecule has 0 aliphatic carbocycles. The van der Waals surface area contributed by atoms with Crippen molar-refractivity contribution in [1.29, 1.82) is 0 Å². The molecule has 1 saturated heterocycles. The van der Waals surface area contributed by atoms with Gasteiger partial charge >= 0.3 is 6.09 Å². The summed E-state index contributed by atoms with van der Waals surface area (Å²) in [7, 11) is 1.87. The summed E-state index contributed by atoms with van der Waals surface area (Å²) in [6.07, 6.45) is 1.46. The number of hydrogen-bond acceptors (Lipinski definition) is 3. The normalized spacial score (nSPS) is 18.2. The van der Waals surface area contributed by atoms with Crippen molar-refractivity contribution in [3.8, 4) is 0 Å². The minimum atomic E-state index is -0.906. The number of likely N-dealkylation sites (N-methyl/N-ethyl adjacent to an activating group) is 1. The fourth-order valence-corrected chi connectivity index (χ4v) is 2.85. The summed E-state index contributed by atoms with van der Waals surface area (Å²) in [4.78, 5) is 18.5. The number of carbonyl (C=O) groups is 1. The van der Waals surface area contributed by atoms with Gasteiger partial charge in [-0.15, -0.1) is 0 Å². The van der Waals surface area contributed by atoms with Crippen LogP contribution in [0.3, 0.4) is 0 Å². The van der Waals surface area contributed by atoms with Crippen molar-refractivity contribution in [3.05, 3.63) is 36.3 Å². The van der Waals surface area contributed by atoms with Crippen molar-refractivity contribution >= 4 is 22.7 Å². The summed E-state index contributed by atoms with van der Waals surface area (Å²) >= 11 is 0. The van der Waals surface area contributed by atoms with E-state index in [-0.39, 0.29) is 11.9 Å². The Balaban J connectivity index is 1.95. The second-order valence-corrected chi connectivity index (χ2v) is 5.28. The van der Waals surface area contributed by atoms with Crippen molar-refractivity contribution in [1.82, 2.24) is 9.88 Å². The first-order valence-corrected chi connectivity index (χ1v) is 6.81. The van der Waals surface area contributed by atoms with Crippen molar-refractivity contribution in [2.45, 2.75) is 12.5 Å². The van der Waals surface area contributed by atoms with Gasteiger partial charge in [0.15, 0.2) is 0 Å². The van der Waals surface area contributed by atoms with E-state index in [0.29, 0.717) is 18.6 Å². The number of anilines is 1. The highest BCUT2D eigenvalue weighted by molar-refractivity contribution is 5.91. The van der Waals surface area contributed by atoms with Crippen molar-refractivity contribution in [2.75, 3.05) is 25.0 Å². The average molecular weight is 289 g/mol. The van der Waals surface area contributed by atoms with Crippen LogP contribution in [0.15, 0.2) is 30.5 Å². The number of fused-ring (bicyclic) bond motifs is 1. The molecule has 2 aromatic rings. The highest BCUT2D eigenvalue weighted by atomic mass is 19.1. The number of halogens is 1. The van der Waals surface area contributed by atoms with Crippen LogP contribution >= 0.6 is 0 Å². The van der Waals surface area contributed by atoms with Crippen molar-refractivity contribution in [2.24, 2.45) is 0 Å². The van der Waals surface area contributed by atoms with Crippen LogP contribution in [0.2, 0.25) is 0 Å². The van der Waals surface area contributed by atoms with Crippen LogP contribution in [0.5, 0.6) is 0 Å². The highest BCUT2D eigenvalue weighted by Crippen LogP contribution is 2.29. The average Bonchev–Trinajstić information content (AvgIpc) is 2.95. The monoisotopic (exact) mass is 289 g/mol. The van der Waals surface area contributed by atoms with Gasteiger partial charge in [-0.05, 0) is 24.6 Å². The molecule has 5 nitrogen and oxygen atoms in total. The molecule has 21 heavy (non-hydrogen) atoms. The Morgan fingerprint density at radius 2 is 2.33 bits per heavy atom. The third-order valence-electron chi connectivity index (χ3n) is 4.03. The van der Waals surface area contributed by atoms with Crippen LogP contribution < -0.4 is 4.90 Å². The third-order valence-corrected chi connectivity index (χ3v) is 4.03. The maximum atomic E-state index is 13.8. The van der Waals surface area contributed by atoms with Crippen LogP contribution in [0.25, 0.3) is 10.9 Å². The van der Waals surface area contributed by atoms with E-state index in [4.69, 9.17) is 5.11 Å². The number of carboxylic acid groups (broad SMARTS) is 1. The molecule has 1 atom stereocenters. The van der Waals surface area contributed by atoms with Crippen LogP contribution in [0, 0.1) is 5.82 Å². The van der Waals surface area contributed by atoms with Gasteiger partial charge in [0.1, 0.15) is 5.82 Å². The number of pyridine rings is 1. The zero-order valence-corrected chi connectivity index (χ0v) is 11.7. The number of nitrogens with zero attached hydrogens (tertiary/aromatic N) is 3. The van der Waals surface area contributed by atoms with Gasteiger partial charge in [-0.25, -0.2) is 9.18 Å². The molecule has 3 rings (SSSR count). The van der Waals surface area contributed by atoms with Crippen molar-refractivity contribution < 1.29 is 14.3 Å². The summed E-state index contributed by atoms with van der Waals surface area (Å²) in [6, 6.07) is 6.65. The van der Waals surface area contributed by atoms with E-state index < -0.39 is 6.09 Å². The molecule has 1 fully saturated rings. The quantitative estimate of drug-likeness (QED) is 0.923. The maximum Gasteiger partial charge on any atom is 0.407 e. The van der Waals surface area contributed by atoms with E-state index in [1.807, 2.05) is 24.1 Å². The molecule has 2 heterocycles. The number of amides is 1. The van der Waals surface area contributed by atoms with Gasteiger partial charge in [-0.2, -0.15) is 0 Å². The fraction of sp³-hybridized carbons (Fsp3) is 0.333. The lowest BCUT2D eigenvalue weighted by Crippen LogP contribution is -2.36. The van der Waals surface area contributed by atoms with E-state index in [2.05, 4.69) is 4.98 Å². The first-order valence-electron chi connectivity index (χ1n) is 6.81. The molecular formula is C15H16FN3O2. The smallest absolute Gasteiger partial charge is 0.407 e. The molecule has 1 amide bonds. The van der Waals surface area contributed by atoms with Gasteiger partial charge in [-0.1, -0.05) is 0 Å². The number of aromatic nitrogens is 1. The lowest BCUT2D eigenvalue weighted by molar-refractivity contribution is 0.155. The zero-order chi connectivity index (χ0) is 15.0. The fourth-order valence-electron chi connectivity index (χ4n) is 2.85. The number of hydrogen-bond donors (Lipinski definition) is 1. The molecule has 1 aromatic carbocycles. The molecule has 110 valence electrons. The van der Waals surface area contributed by atoms with E-state index in [1.165, 1.54) is 17.0 Å². The maximum absolute atomic E-state index is 13.8. The molecule has 1 aliphatic rings. The Bertz CT molecular complexity index is 692. The summed E-state index contributed by atoms with van der Waals surface area (Å²) in [6.45, 7) is 0.944. The SMILES string of the molecule is CN(c1cc(F)cc2ncccc12)[C@H]1CCN(C(=O)O)C1. The molecular weight excluding hydrogens is 273 g/mol. The van der Waals surface area contributed by atoms with Gasteiger partial charge in [0.05, 0.1) is 5.52 Å². The summed E-state index contributed by atoms with van der Waals surface area (Å²) in [5.41, 5.74) is 1.35. The minimum Gasteiger partial charge on any atom is -0.465 e. The lowest BCUT2D eigenvalue weighted by Gasteiger charge is -2.27. The molecule has 0 bridgehead atoms. The van der Waals surface area contributed by atoms with Crippen molar-refractivity contribution in [3.63, 3.8) is 0 Å². The van der Waals surface area contributed by atoms with Crippen LogP contribution in [-0.4, -0.2) is 47.3 Å². The Hall–Kier alpha value is -2.37. The van der Waals surface area contributed by atoms with Gasteiger partial charge in [-0.3, -0.25) is 4.98 Å². The summed E-state index contributed by atoms with van der Waals surface area (Å²) in [5.74, 6) is -0.337. The number of rotatable bonds is 2. The topological polar surface area (TPSA) is 56.7 Å². The molecule has 1 aliphatic heterocycles. The standard InChI is InChI=1S/C15H16FN3O2/c1-18(11-4-6-19(9-11)15(20)21)14-8-10(16)7-13-12(14)3-2-5-17-13/h2-3,5,7-8,11H,4,6,9H2,1H3,(H,20,21)/t11-/m0/s1. The van der Waals surface area contributed by atoms with Crippen LogP contribution in [0.4, 0.5) is 14.9 Å². The van der Waals surface area contributed by atoms with Gasteiger partial charge < -0.3 is 14.9 Å². The molecule has 0 saturated carbocycles. The second-order valence-electron chi connectivity index (χ2n) is 5.28. The van der Waals surface area contributed by atoms with Gasteiger partial charge in [0, 0.05) is 49.5 Å². The molecule has 1 aromatic heterocycles. The van der Waals surface area contributed by atoms with E-state index in [0.717, 1.165) is 17.5 Å². The third kappa shape index (κ3) is 2.49. The largest absolute Gasteiger partial charge is 0.465 e. The number of likely N-dealkylation sites (tertiary alicyclic amines) is 1. The summed E-state index contributed by atoms with van der Waals surface area (Å²) in [5, 5.41) is 9.91. The molecule has 6 heteroatoms. The Labute approximate surface area is 121 Å². The van der Waals surface area contributed by atoms with Gasteiger partial charge in [0.2, 0.25) is 0 Å². The van der Waals surface area contributed by atoms with E-state index in [1.54, 1.807) is 6.20 Å². The number of benzene rings is 1. The van der Waals surface area contributed by atoms with Gasteiger partial charge in [0.25, 0.3) is 0 Å². The molecule has 0 spiro atoms. The zero-order valence-electron chi connectivity index (χ0n) is 11.7. The van der Waals surface area contributed by atoms with Crippen LogP contribution in [-0.2, 0) is 0 Å². The predicted octanol–water partition coefficient (Wildman–Crippen LogP) is 2.56. The predicted molar refractivity (Wildman–Crippen MR) is 78.1 cm³/mol. The highest BCUT2D eigenvalue weighted by Gasteiger charge is 2.29. The molecule has 0 unspecified atom stereocenters. The van der Waals surface area contributed by atoms with E-state index >= 15 is 0 Å². The van der Waals surface area contributed by atoms with E-state index in [9.17, 15) is 9.18 Å². The first-order chi connectivity index (χ1) is 10.1. The Kier molecular flexibility index (Phi) is 3.37. The summed E-state index contributed by atoms with van der Waals surface area (Å²) < 4.78 is 13.8. The lowest BCUT2D eigenvalue weighted by atomic mass is 10.1. The minimum absolute atomic E-state index is 0.0475. The molecule has 0 radical (unpaired) electrons. The molecule has 1 N–H and O–H groups in total. The second kappa shape index (κ2) is 5.20. The Morgan fingerprint density at radius 3 is 3.05 bits per heavy atom.